The highest BCUT2D eigenvalue weighted by atomic mass is 32.3. The number of alkyl carbamates (subject to hydrolysis) is 1. The number of hydroxylamine groups is 2. The highest BCUT2D eigenvalue weighted by Gasteiger charge is 2.54. The second-order valence-electron chi connectivity index (χ2n) is 11.7. The van der Waals surface area contributed by atoms with Crippen molar-refractivity contribution in [1.82, 2.24) is 25.5 Å². The topological polar surface area (TPSA) is 196 Å². The number of guanidine groups is 1. The number of carbonyl (C=O) groups is 4. The maximum Gasteiger partial charge on any atom is 0.437 e. The molecule has 3 N–H and O–H groups in total. The summed E-state index contributed by atoms with van der Waals surface area (Å²) in [5.41, 5.74) is -0.505. The number of hydrogen-bond acceptors (Lipinski definition) is 10. The zero-order valence-corrected chi connectivity index (χ0v) is 26.2. The Balaban J connectivity index is 1.88. The highest BCUT2D eigenvalue weighted by Crippen LogP contribution is 2.48. The average Bonchev–Trinajstić information content (AvgIpc) is 3.31. The average molecular weight is 633 g/mol. The molecule has 42 heavy (non-hydrogen) atoms. The number of carbonyl (C=O) groups excluding carboxylic acids is 4. The summed E-state index contributed by atoms with van der Waals surface area (Å²) in [4.78, 5) is 57.8. The fourth-order valence-corrected chi connectivity index (χ4v) is 5.81. The summed E-state index contributed by atoms with van der Waals surface area (Å²) in [6.45, 7) is 10.1. The fraction of sp³-hybridized carbons (Fsp3) is 0.625. The lowest BCUT2D eigenvalue weighted by molar-refractivity contribution is -0.133. The van der Waals surface area contributed by atoms with Gasteiger partial charge in [-0.3, -0.25) is 14.7 Å². The third-order valence-electron chi connectivity index (χ3n) is 5.67. The molecule has 1 aromatic rings. The standard InChI is InChI=1S/C24H36N6O10S2/c1-23(2,3)38-20(32)26-19(27-21(33)39-24(4,5)6)25-10-9-13-12-41-17-14-11-29(16(15(13)17)18(31)28(7)8)22(34)30(14)40-42(35,36)37/h12,14,16H,9-11H2,1-8H3,(H,35,36,37)(H2,25,26,27,32,33)/t14?,16-/m0/s1. The summed E-state index contributed by atoms with van der Waals surface area (Å²) >= 11 is 1.20. The van der Waals surface area contributed by atoms with Gasteiger partial charge in [0.25, 0.3) is 0 Å². The number of fused-ring (bicyclic) bond motifs is 4. The van der Waals surface area contributed by atoms with Crippen molar-refractivity contribution < 1.29 is 45.9 Å². The molecule has 0 aliphatic carbocycles. The molecule has 3 rings (SSSR count). The summed E-state index contributed by atoms with van der Waals surface area (Å²) < 4.78 is 47.1. The van der Waals surface area contributed by atoms with Gasteiger partial charge in [0.15, 0.2) is 0 Å². The van der Waals surface area contributed by atoms with Gasteiger partial charge in [-0.05, 0) is 58.9 Å². The van der Waals surface area contributed by atoms with Crippen molar-refractivity contribution in [2.45, 2.75) is 71.2 Å². The van der Waals surface area contributed by atoms with Gasteiger partial charge in [0.2, 0.25) is 11.9 Å². The lowest BCUT2D eigenvalue weighted by atomic mass is 9.93. The van der Waals surface area contributed by atoms with E-state index in [9.17, 15) is 32.1 Å². The quantitative estimate of drug-likeness (QED) is 0.236. The number of amides is 5. The summed E-state index contributed by atoms with van der Waals surface area (Å²) in [5.74, 6) is -0.654. The number of aliphatic imine (C=N–C) groups is 1. The second-order valence-corrected chi connectivity index (χ2v) is 13.6. The van der Waals surface area contributed by atoms with Gasteiger partial charge in [-0.1, -0.05) is 0 Å². The fourth-order valence-electron chi connectivity index (χ4n) is 4.23. The zero-order valence-electron chi connectivity index (χ0n) is 24.6. The summed E-state index contributed by atoms with van der Waals surface area (Å²) in [5, 5.41) is 7.57. The molecule has 1 saturated heterocycles. The lowest BCUT2D eigenvalue weighted by Crippen LogP contribution is -2.45. The number of ether oxygens (including phenoxy) is 2. The van der Waals surface area contributed by atoms with Crippen molar-refractivity contribution in [2.75, 3.05) is 27.2 Å². The number of likely N-dealkylation sites (N-methyl/N-ethyl adjacent to an activating group) is 1. The molecule has 5 amide bonds. The van der Waals surface area contributed by atoms with Crippen molar-refractivity contribution in [3.8, 4) is 0 Å². The van der Waals surface area contributed by atoms with Gasteiger partial charge in [-0.15, -0.1) is 20.6 Å². The molecule has 1 aromatic heterocycles. The lowest BCUT2D eigenvalue weighted by Gasteiger charge is -2.32. The monoisotopic (exact) mass is 632 g/mol. The van der Waals surface area contributed by atoms with Gasteiger partial charge in [0.05, 0.1) is 6.54 Å². The largest absolute Gasteiger partial charge is 0.444 e. The molecule has 0 aromatic carbocycles. The minimum atomic E-state index is -5.01. The summed E-state index contributed by atoms with van der Waals surface area (Å²) in [6.07, 6.45) is -1.57. The first-order valence-electron chi connectivity index (χ1n) is 12.8. The number of rotatable bonds is 6. The molecule has 0 radical (unpaired) electrons. The second kappa shape index (κ2) is 12.0. The van der Waals surface area contributed by atoms with Crippen molar-refractivity contribution in [1.29, 1.82) is 0 Å². The molecular weight excluding hydrogens is 596 g/mol. The van der Waals surface area contributed by atoms with E-state index < -0.39 is 57.8 Å². The van der Waals surface area contributed by atoms with Gasteiger partial charge in [0.1, 0.15) is 23.3 Å². The van der Waals surface area contributed by atoms with E-state index in [4.69, 9.17) is 9.47 Å². The number of thiophene rings is 1. The molecule has 0 spiro atoms. The van der Waals surface area contributed by atoms with Crippen LogP contribution in [-0.4, -0.2) is 96.3 Å². The minimum absolute atomic E-state index is 0.0314. The van der Waals surface area contributed by atoms with Crippen LogP contribution in [0.1, 0.15) is 69.6 Å². The third-order valence-corrected chi connectivity index (χ3v) is 7.16. The van der Waals surface area contributed by atoms with Crippen molar-refractivity contribution in [2.24, 2.45) is 4.99 Å². The van der Waals surface area contributed by atoms with Crippen LogP contribution >= 0.6 is 11.3 Å². The first-order valence-corrected chi connectivity index (χ1v) is 15.0. The van der Waals surface area contributed by atoms with Crippen LogP contribution in [-0.2, 0) is 35.4 Å². The normalized spacial score (nSPS) is 18.9. The van der Waals surface area contributed by atoms with Crippen LogP contribution in [0.25, 0.3) is 0 Å². The van der Waals surface area contributed by atoms with Gasteiger partial charge >= 0.3 is 28.6 Å². The number of hydrogen-bond donors (Lipinski definition) is 3. The summed E-state index contributed by atoms with van der Waals surface area (Å²) in [7, 11) is -1.97. The van der Waals surface area contributed by atoms with E-state index in [0.29, 0.717) is 21.1 Å². The van der Waals surface area contributed by atoms with Crippen LogP contribution < -0.4 is 10.6 Å². The third kappa shape index (κ3) is 8.30. The predicted octanol–water partition coefficient (Wildman–Crippen LogP) is 2.35. The van der Waals surface area contributed by atoms with E-state index in [-0.39, 0.29) is 25.5 Å². The molecule has 2 atom stereocenters. The molecule has 18 heteroatoms. The van der Waals surface area contributed by atoms with Crippen LogP contribution in [0.5, 0.6) is 0 Å². The zero-order chi connectivity index (χ0) is 31.8. The number of nitrogens with one attached hydrogen (secondary N) is 2. The van der Waals surface area contributed by atoms with Gasteiger partial charge in [0, 0.05) is 31.1 Å². The van der Waals surface area contributed by atoms with Gasteiger partial charge < -0.3 is 24.6 Å². The molecule has 3 heterocycles. The SMILES string of the molecule is CN(C)C(=O)[C@@H]1c2c(CCN/C(=N/C(=O)OC(C)(C)C)NC(=O)OC(C)(C)C)csc2C2CN1C(=O)N2OS(=O)(=O)O. The maximum absolute atomic E-state index is 13.3. The molecule has 1 fully saturated rings. The molecular formula is C24H36N6O10S2. The Morgan fingerprint density at radius 3 is 2.31 bits per heavy atom. The molecule has 16 nitrogen and oxygen atoms in total. The number of nitrogens with zero attached hydrogens (tertiary/aromatic N) is 4. The Bertz CT molecular complexity index is 1380. The van der Waals surface area contributed by atoms with Crippen LogP contribution in [0.3, 0.4) is 0 Å². The van der Waals surface area contributed by atoms with Crippen LogP contribution in [0.2, 0.25) is 0 Å². The van der Waals surface area contributed by atoms with Gasteiger partial charge in [-0.25, -0.2) is 14.4 Å². The Hall–Kier alpha value is -3.48. The van der Waals surface area contributed by atoms with E-state index in [0.717, 1.165) is 0 Å². The predicted molar refractivity (Wildman–Crippen MR) is 150 cm³/mol. The highest BCUT2D eigenvalue weighted by molar-refractivity contribution is 7.80. The first kappa shape index (κ1) is 33.0. The van der Waals surface area contributed by atoms with Crippen molar-refractivity contribution in [3.63, 3.8) is 0 Å². The molecule has 234 valence electrons. The molecule has 1 unspecified atom stereocenters. The van der Waals surface area contributed by atoms with E-state index in [2.05, 4.69) is 19.9 Å². The van der Waals surface area contributed by atoms with E-state index in [1.807, 2.05) is 0 Å². The Morgan fingerprint density at radius 2 is 1.76 bits per heavy atom. The van der Waals surface area contributed by atoms with E-state index >= 15 is 0 Å². The van der Waals surface area contributed by atoms with Gasteiger partial charge in [-0.2, -0.15) is 13.5 Å². The first-order chi connectivity index (χ1) is 19.2. The molecule has 2 bridgehead atoms. The minimum Gasteiger partial charge on any atom is -0.444 e. The maximum atomic E-state index is 13.3. The van der Waals surface area contributed by atoms with Crippen LogP contribution in [0, 0.1) is 0 Å². The Labute approximate surface area is 247 Å². The Kier molecular flexibility index (Phi) is 9.45. The summed E-state index contributed by atoms with van der Waals surface area (Å²) in [6, 6.07) is -2.85. The van der Waals surface area contributed by atoms with Crippen LogP contribution in [0.4, 0.5) is 14.4 Å². The smallest absolute Gasteiger partial charge is 0.437 e. The van der Waals surface area contributed by atoms with Crippen LogP contribution in [0.15, 0.2) is 10.4 Å². The number of urea groups is 1. The van der Waals surface area contributed by atoms with Crippen molar-refractivity contribution in [3.05, 3.63) is 21.4 Å². The van der Waals surface area contributed by atoms with Crippen molar-refractivity contribution >= 4 is 51.8 Å². The molecule has 2 aliphatic rings. The van der Waals surface area contributed by atoms with E-state index in [1.54, 1.807) is 46.9 Å². The molecule has 0 saturated carbocycles. The Morgan fingerprint density at radius 1 is 1.14 bits per heavy atom. The molecule has 2 aliphatic heterocycles. The van der Waals surface area contributed by atoms with E-state index in [1.165, 1.54) is 35.2 Å².